The summed E-state index contributed by atoms with van der Waals surface area (Å²) in [5.74, 6) is 0. The Bertz CT molecular complexity index is 80.9. The molecule has 0 saturated carbocycles. The molecule has 0 heterocycles. The van der Waals surface area contributed by atoms with Crippen molar-refractivity contribution in [3.05, 3.63) is 0 Å². The summed E-state index contributed by atoms with van der Waals surface area (Å²) in [5, 5.41) is 1.01. The van der Waals surface area contributed by atoms with Crippen molar-refractivity contribution in [2.24, 2.45) is 0 Å². The molecule has 0 aromatic carbocycles. The Morgan fingerprint density at radius 3 is 2.08 bits per heavy atom. The highest BCUT2D eigenvalue weighted by Gasteiger charge is 1.90. The van der Waals surface area contributed by atoms with Crippen LogP contribution in [0.15, 0.2) is 0 Å². The van der Waals surface area contributed by atoms with Crippen molar-refractivity contribution in [3.8, 4) is 0 Å². The third kappa shape index (κ3) is 12.4. The molecule has 0 atom stereocenters. The Hall–Kier alpha value is 0.360. The van der Waals surface area contributed by atoms with Gasteiger partial charge >= 0.3 is 0 Å². The molecule has 0 unspecified atom stereocenters. The standard InChI is InChI=1S/C9H19BrO3/c1-11-8-9-13-7-3-6-12-5-2-4-10/h2-9H2,1H3. The summed E-state index contributed by atoms with van der Waals surface area (Å²) in [5.41, 5.74) is 0. The van der Waals surface area contributed by atoms with Gasteiger partial charge in [0, 0.05) is 32.3 Å². The molecule has 0 aromatic heterocycles. The van der Waals surface area contributed by atoms with Gasteiger partial charge in [0.25, 0.3) is 0 Å². The quantitative estimate of drug-likeness (QED) is 0.440. The van der Waals surface area contributed by atoms with Crippen LogP contribution in [0, 0.1) is 0 Å². The third-order valence-corrected chi connectivity index (χ3v) is 1.99. The van der Waals surface area contributed by atoms with E-state index in [1.807, 2.05) is 0 Å². The Morgan fingerprint density at radius 1 is 0.846 bits per heavy atom. The molecule has 0 radical (unpaired) electrons. The number of rotatable bonds is 10. The van der Waals surface area contributed by atoms with Gasteiger partial charge in [-0.1, -0.05) is 15.9 Å². The molecular weight excluding hydrogens is 236 g/mol. The normalized spacial score (nSPS) is 10.6. The highest BCUT2D eigenvalue weighted by atomic mass is 79.9. The highest BCUT2D eigenvalue weighted by Crippen LogP contribution is 1.90. The fourth-order valence-electron chi connectivity index (χ4n) is 0.766. The van der Waals surface area contributed by atoms with Crippen LogP contribution in [-0.2, 0) is 14.2 Å². The van der Waals surface area contributed by atoms with Crippen LogP contribution in [0.25, 0.3) is 0 Å². The van der Waals surface area contributed by atoms with Crippen molar-refractivity contribution >= 4 is 15.9 Å². The molecule has 0 spiro atoms. The minimum atomic E-state index is 0.671. The molecule has 0 amide bonds. The SMILES string of the molecule is COCCOCCCOCCCBr. The van der Waals surface area contributed by atoms with Crippen LogP contribution in [0.5, 0.6) is 0 Å². The van der Waals surface area contributed by atoms with Crippen LogP contribution in [0.3, 0.4) is 0 Å². The van der Waals surface area contributed by atoms with Crippen LogP contribution in [0.2, 0.25) is 0 Å². The lowest BCUT2D eigenvalue weighted by atomic mass is 10.5. The molecule has 0 saturated heterocycles. The van der Waals surface area contributed by atoms with Crippen molar-refractivity contribution in [2.75, 3.05) is 45.5 Å². The summed E-state index contributed by atoms with van der Waals surface area (Å²) in [6.45, 7) is 3.74. The molecule has 13 heavy (non-hydrogen) atoms. The van der Waals surface area contributed by atoms with Crippen LogP contribution in [0.4, 0.5) is 0 Å². The van der Waals surface area contributed by atoms with E-state index in [0.717, 1.165) is 38.0 Å². The van der Waals surface area contributed by atoms with Crippen LogP contribution in [0.1, 0.15) is 12.8 Å². The lowest BCUT2D eigenvalue weighted by Crippen LogP contribution is -2.06. The Labute approximate surface area is 88.9 Å². The zero-order valence-corrected chi connectivity index (χ0v) is 9.85. The van der Waals surface area contributed by atoms with Crippen LogP contribution in [-0.4, -0.2) is 45.5 Å². The van der Waals surface area contributed by atoms with E-state index in [9.17, 15) is 0 Å². The first-order valence-corrected chi connectivity index (χ1v) is 5.74. The summed E-state index contributed by atoms with van der Waals surface area (Å²) in [4.78, 5) is 0. The minimum absolute atomic E-state index is 0.671. The fourth-order valence-corrected chi connectivity index (χ4v) is 0.995. The first kappa shape index (κ1) is 13.4. The predicted molar refractivity (Wildman–Crippen MR) is 56.5 cm³/mol. The Balaban J connectivity index is 2.76. The van der Waals surface area contributed by atoms with E-state index in [4.69, 9.17) is 14.2 Å². The molecule has 0 bridgehead atoms. The van der Waals surface area contributed by atoms with E-state index in [2.05, 4.69) is 15.9 Å². The van der Waals surface area contributed by atoms with E-state index in [0.29, 0.717) is 13.2 Å². The van der Waals surface area contributed by atoms with E-state index in [-0.39, 0.29) is 0 Å². The molecule has 4 heteroatoms. The fraction of sp³-hybridized carbons (Fsp3) is 1.00. The molecule has 0 fully saturated rings. The second-order valence-corrected chi connectivity index (χ2v) is 3.41. The second-order valence-electron chi connectivity index (χ2n) is 2.61. The lowest BCUT2D eigenvalue weighted by molar-refractivity contribution is 0.0516. The van der Waals surface area contributed by atoms with Gasteiger partial charge in [-0.3, -0.25) is 0 Å². The monoisotopic (exact) mass is 254 g/mol. The maximum Gasteiger partial charge on any atom is 0.0700 e. The van der Waals surface area contributed by atoms with Crippen molar-refractivity contribution < 1.29 is 14.2 Å². The van der Waals surface area contributed by atoms with Crippen LogP contribution < -0.4 is 0 Å². The van der Waals surface area contributed by atoms with Crippen molar-refractivity contribution in [3.63, 3.8) is 0 Å². The number of hydrogen-bond donors (Lipinski definition) is 0. The first-order chi connectivity index (χ1) is 6.41. The summed E-state index contributed by atoms with van der Waals surface area (Å²) in [6, 6.07) is 0. The van der Waals surface area contributed by atoms with Gasteiger partial charge in [-0.15, -0.1) is 0 Å². The highest BCUT2D eigenvalue weighted by molar-refractivity contribution is 9.09. The molecule has 0 aliphatic rings. The zero-order valence-electron chi connectivity index (χ0n) is 8.26. The number of ether oxygens (including phenoxy) is 3. The summed E-state index contributed by atoms with van der Waals surface area (Å²) < 4.78 is 15.4. The number of methoxy groups -OCH3 is 1. The lowest BCUT2D eigenvalue weighted by Gasteiger charge is -2.04. The topological polar surface area (TPSA) is 27.7 Å². The average molecular weight is 255 g/mol. The average Bonchev–Trinajstić information content (AvgIpc) is 2.16. The Kier molecular flexibility index (Phi) is 12.7. The number of alkyl halides is 1. The summed E-state index contributed by atoms with van der Waals surface area (Å²) in [7, 11) is 1.67. The molecule has 0 aromatic rings. The van der Waals surface area contributed by atoms with E-state index in [1.165, 1.54) is 0 Å². The van der Waals surface area contributed by atoms with Gasteiger partial charge in [0.1, 0.15) is 0 Å². The molecule has 0 N–H and O–H groups in total. The summed E-state index contributed by atoms with van der Waals surface area (Å²) in [6.07, 6.45) is 2.04. The second kappa shape index (κ2) is 12.4. The maximum absolute atomic E-state index is 5.34. The first-order valence-electron chi connectivity index (χ1n) is 4.62. The molecule has 3 nitrogen and oxygen atoms in total. The van der Waals surface area contributed by atoms with Crippen LogP contribution >= 0.6 is 15.9 Å². The molecule has 0 aliphatic heterocycles. The van der Waals surface area contributed by atoms with Gasteiger partial charge in [0.2, 0.25) is 0 Å². The van der Waals surface area contributed by atoms with Gasteiger partial charge in [-0.25, -0.2) is 0 Å². The van der Waals surface area contributed by atoms with Crippen molar-refractivity contribution in [1.82, 2.24) is 0 Å². The maximum atomic E-state index is 5.34. The molecular formula is C9H19BrO3. The van der Waals surface area contributed by atoms with E-state index >= 15 is 0 Å². The molecule has 0 aliphatic carbocycles. The van der Waals surface area contributed by atoms with Crippen molar-refractivity contribution in [2.45, 2.75) is 12.8 Å². The zero-order chi connectivity index (χ0) is 9.78. The summed E-state index contributed by atoms with van der Waals surface area (Å²) >= 11 is 3.34. The van der Waals surface area contributed by atoms with Gasteiger partial charge in [0.05, 0.1) is 13.2 Å². The van der Waals surface area contributed by atoms with E-state index < -0.39 is 0 Å². The number of halogens is 1. The largest absolute Gasteiger partial charge is 0.382 e. The van der Waals surface area contributed by atoms with Gasteiger partial charge in [0.15, 0.2) is 0 Å². The number of hydrogen-bond acceptors (Lipinski definition) is 3. The van der Waals surface area contributed by atoms with Gasteiger partial charge < -0.3 is 14.2 Å². The van der Waals surface area contributed by atoms with Gasteiger partial charge in [-0.05, 0) is 12.8 Å². The Morgan fingerprint density at radius 2 is 1.46 bits per heavy atom. The molecule has 80 valence electrons. The minimum Gasteiger partial charge on any atom is -0.382 e. The van der Waals surface area contributed by atoms with Gasteiger partial charge in [-0.2, -0.15) is 0 Å². The third-order valence-electron chi connectivity index (χ3n) is 1.43. The van der Waals surface area contributed by atoms with Crippen molar-refractivity contribution in [1.29, 1.82) is 0 Å². The predicted octanol–water partition coefficient (Wildman–Crippen LogP) is 1.84. The smallest absolute Gasteiger partial charge is 0.0700 e. The molecule has 0 rings (SSSR count). The van der Waals surface area contributed by atoms with E-state index in [1.54, 1.807) is 7.11 Å².